The number of carbonyl (C=O) groups is 3. The number of amides is 4. The third-order valence-electron chi connectivity index (χ3n) is 5.64. The second-order valence-electron chi connectivity index (χ2n) is 8.36. The van der Waals surface area contributed by atoms with Gasteiger partial charge >= 0.3 is 6.03 Å². The summed E-state index contributed by atoms with van der Waals surface area (Å²) in [4.78, 5) is 41.0. The number of hydrogen-bond acceptors (Lipinski definition) is 5. The summed E-state index contributed by atoms with van der Waals surface area (Å²) in [5.41, 5.74) is 0.829. The van der Waals surface area contributed by atoms with E-state index in [4.69, 9.17) is 9.47 Å². The largest absolute Gasteiger partial charge is 0.491 e. The van der Waals surface area contributed by atoms with Crippen LogP contribution in [0.5, 0.6) is 5.75 Å². The fraction of sp³-hybridized carbons (Fsp3) is 0.609. The molecule has 178 valence electrons. The minimum Gasteiger partial charge on any atom is -0.491 e. The van der Waals surface area contributed by atoms with Crippen LogP contribution in [0, 0.1) is 5.92 Å². The Hall–Kier alpha value is -2.81. The lowest BCUT2D eigenvalue weighted by molar-refractivity contribution is -0.133. The van der Waals surface area contributed by atoms with Gasteiger partial charge in [-0.25, -0.2) is 4.79 Å². The normalized spacial score (nSPS) is 22.2. The van der Waals surface area contributed by atoms with Crippen LogP contribution in [0.15, 0.2) is 18.2 Å². The number of fused-ring (bicyclic) bond motifs is 1. The first-order valence-electron chi connectivity index (χ1n) is 11.0. The van der Waals surface area contributed by atoms with Crippen molar-refractivity contribution in [3.8, 4) is 5.75 Å². The number of urea groups is 1. The molecule has 2 rings (SSSR count). The zero-order valence-electron chi connectivity index (χ0n) is 19.9. The van der Waals surface area contributed by atoms with Gasteiger partial charge < -0.3 is 29.9 Å². The molecule has 1 heterocycles. The van der Waals surface area contributed by atoms with Gasteiger partial charge in [-0.15, -0.1) is 0 Å². The molecule has 4 amide bonds. The first-order valence-corrected chi connectivity index (χ1v) is 11.0. The second kappa shape index (κ2) is 11.7. The number of rotatable bonds is 4. The van der Waals surface area contributed by atoms with E-state index >= 15 is 0 Å². The highest BCUT2D eigenvalue weighted by Gasteiger charge is 2.29. The Kier molecular flexibility index (Phi) is 9.31. The van der Waals surface area contributed by atoms with Crippen LogP contribution < -0.4 is 15.4 Å². The molecule has 0 aromatic heterocycles. The van der Waals surface area contributed by atoms with Gasteiger partial charge in [-0.05, 0) is 31.5 Å². The number of nitrogens with one attached hydrogen (secondary N) is 2. The van der Waals surface area contributed by atoms with Crippen molar-refractivity contribution >= 4 is 23.5 Å². The van der Waals surface area contributed by atoms with E-state index in [1.807, 2.05) is 20.8 Å². The number of likely N-dealkylation sites (N-methyl/N-ethyl adjacent to an activating group) is 1. The fourth-order valence-corrected chi connectivity index (χ4v) is 3.71. The van der Waals surface area contributed by atoms with E-state index in [-0.39, 0.29) is 42.5 Å². The molecule has 9 nitrogen and oxygen atoms in total. The average molecular weight is 449 g/mol. The van der Waals surface area contributed by atoms with E-state index < -0.39 is 0 Å². The van der Waals surface area contributed by atoms with Crippen molar-refractivity contribution in [2.24, 2.45) is 5.92 Å². The van der Waals surface area contributed by atoms with Gasteiger partial charge in [-0.3, -0.25) is 9.59 Å². The van der Waals surface area contributed by atoms with Crippen molar-refractivity contribution in [2.45, 2.75) is 46.3 Å². The molecule has 32 heavy (non-hydrogen) atoms. The predicted molar refractivity (Wildman–Crippen MR) is 123 cm³/mol. The molecule has 0 spiro atoms. The zero-order valence-corrected chi connectivity index (χ0v) is 19.9. The Morgan fingerprint density at radius 1 is 1.25 bits per heavy atom. The third kappa shape index (κ3) is 6.59. The lowest BCUT2D eigenvalue weighted by Crippen LogP contribution is -2.48. The second-order valence-corrected chi connectivity index (χ2v) is 8.36. The molecule has 2 N–H and O–H groups in total. The van der Waals surface area contributed by atoms with Crippen LogP contribution in [0.3, 0.4) is 0 Å². The van der Waals surface area contributed by atoms with E-state index in [2.05, 4.69) is 10.6 Å². The zero-order chi connectivity index (χ0) is 23.8. The summed E-state index contributed by atoms with van der Waals surface area (Å²) in [6.45, 7) is 9.09. The van der Waals surface area contributed by atoms with Crippen molar-refractivity contribution in [3.63, 3.8) is 0 Å². The predicted octanol–water partition coefficient (Wildman–Crippen LogP) is 2.57. The van der Waals surface area contributed by atoms with Crippen LogP contribution in [-0.4, -0.2) is 80.2 Å². The Labute approximate surface area is 190 Å². The lowest BCUT2D eigenvalue weighted by atomic mass is 10.0. The van der Waals surface area contributed by atoms with Crippen LogP contribution in [-0.2, 0) is 9.53 Å². The van der Waals surface area contributed by atoms with Crippen molar-refractivity contribution in [2.75, 3.05) is 45.7 Å². The fourth-order valence-electron chi connectivity index (χ4n) is 3.71. The van der Waals surface area contributed by atoms with Gasteiger partial charge in [0.05, 0.1) is 17.7 Å². The van der Waals surface area contributed by atoms with Crippen LogP contribution >= 0.6 is 0 Å². The van der Waals surface area contributed by atoms with Crippen molar-refractivity contribution in [1.82, 2.24) is 15.1 Å². The molecular formula is C23H36N4O5. The summed E-state index contributed by atoms with van der Waals surface area (Å²) in [6.07, 6.45) is 0.575. The lowest BCUT2D eigenvalue weighted by Gasteiger charge is -2.35. The van der Waals surface area contributed by atoms with E-state index in [9.17, 15) is 14.4 Å². The topological polar surface area (TPSA) is 100 Å². The highest BCUT2D eigenvalue weighted by atomic mass is 16.5. The summed E-state index contributed by atoms with van der Waals surface area (Å²) < 4.78 is 11.6. The molecule has 1 aliphatic rings. The number of nitrogens with zero attached hydrogens (tertiary/aromatic N) is 2. The van der Waals surface area contributed by atoms with Gasteiger partial charge in [0.25, 0.3) is 5.91 Å². The molecule has 1 aromatic carbocycles. The molecule has 0 saturated heterocycles. The number of carbonyl (C=O) groups excluding carboxylic acids is 3. The minimum absolute atomic E-state index is 0.00996. The van der Waals surface area contributed by atoms with Crippen LogP contribution in [0.4, 0.5) is 10.5 Å². The highest BCUT2D eigenvalue weighted by molar-refractivity contribution is 5.99. The van der Waals surface area contributed by atoms with E-state index in [1.165, 1.54) is 0 Å². The highest BCUT2D eigenvalue weighted by Crippen LogP contribution is 2.26. The molecular weight excluding hydrogens is 412 g/mol. The molecule has 0 aliphatic carbocycles. The maximum absolute atomic E-state index is 13.3. The SMILES string of the molecule is CCCNC(=O)Nc1ccc2c(c1)C(=O)N(C)C[C@H](OC)[C@@H](C)CN(C(C)=O)[C@H](C)CO2. The monoisotopic (exact) mass is 448 g/mol. The Morgan fingerprint density at radius 2 is 1.97 bits per heavy atom. The molecule has 1 aromatic rings. The molecule has 3 atom stereocenters. The minimum atomic E-state index is -0.333. The summed E-state index contributed by atoms with van der Waals surface area (Å²) in [7, 11) is 3.32. The summed E-state index contributed by atoms with van der Waals surface area (Å²) >= 11 is 0. The van der Waals surface area contributed by atoms with Crippen molar-refractivity contribution in [3.05, 3.63) is 23.8 Å². The molecule has 9 heteroatoms. The van der Waals surface area contributed by atoms with Gasteiger partial charge in [0.1, 0.15) is 12.4 Å². The summed E-state index contributed by atoms with van der Waals surface area (Å²) in [5.74, 6) is 0.140. The number of hydrogen-bond donors (Lipinski definition) is 2. The molecule has 0 unspecified atom stereocenters. The summed E-state index contributed by atoms with van der Waals surface area (Å²) in [5, 5.41) is 5.50. The van der Waals surface area contributed by atoms with Gasteiger partial charge in [-0.2, -0.15) is 0 Å². The number of methoxy groups -OCH3 is 1. The Bertz CT molecular complexity index is 816. The maximum Gasteiger partial charge on any atom is 0.319 e. The van der Waals surface area contributed by atoms with Gasteiger partial charge in [-0.1, -0.05) is 13.8 Å². The van der Waals surface area contributed by atoms with E-state index in [0.29, 0.717) is 36.6 Å². The summed E-state index contributed by atoms with van der Waals surface area (Å²) in [6, 6.07) is 4.45. The van der Waals surface area contributed by atoms with Crippen molar-refractivity contribution < 1.29 is 23.9 Å². The maximum atomic E-state index is 13.3. The first kappa shape index (κ1) is 25.5. The Balaban J connectivity index is 2.38. The third-order valence-corrected chi connectivity index (χ3v) is 5.64. The van der Waals surface area contributed by atoms with Crippen LogP contribution in [0.25, 0.3) is 0 Å². The smallest absolute Gasteiger partial charge is 0.319 e. The quantitative estimate of drug-likeness (QED) is 0.737. The molecule has 0 bridgehead atoms. The van der Waals surface area contributed by atoms with E-state index in [1.54, 1.807) is 49.1 Å². The number of anilines is 1. The standard InChI is InChI=1S/C23H36N4O5/c1-7-10-24-23(30)25-18-8-9-20-19(11-18)22(29)26(5)13-21(31-6)15(2)12-27(17(4)28)16(3)14-32-20/h8-9,11,15-16,21H,7,10,12-14H2,1-6H3,(H2,24,25,30)/t15-,16+,21-/m0/s1. The Morgan fingerprint density at radius 3 is 2.59 bits per heavy atom. The first-order chi connectivity index (χ1) is 15.2. The van der Waals surface area contributed by atoms with Gasteiger partial charge in [0.15, 0.2) is 0 Å². The molecule has 0 radical (unpaired) electrons. The number of ether oxygens (including phenoxy) is 2. The van der Waals surface area contributed by atoms with Gasteiger partial charge in [0.2, 0.25) is 5.91 Å². The molecule has 1 aliphatic heterocycles. The average Bonchev–Trinajstić information content (AvgIpc) is 2.76. The molecule has 0 fully saturated rings. The van der Waals surface area contributed by atoms with Gasteiger partial charge in [0, 0.05) is 52.3 Å². The van der Waals surface area contributed by atoms with E-state index in [0.717, 1.165) is 6.42 Å². The molecule has 0 saturated carbocycles. The van der Waals surface area contributed by atoms with Crippen molar-refractivity contribution in [1.29, 1.82) is 0 Å². The van der Waals surface area contributed by atoms with Crippen LogP contribution in [0.2, 0.25) is 0 Å². The van der Waals surface area contributed by atoms with Crippen LogP contribution in [0.1, 0.15) is 44.5 Å². The number of benzene rings is 1.